The number of benzene rings is 1. The van der Waals surface area contributed by atoms with Crippen molar-refractivity contribution in [3.05, 3.63) is 34.9 Å². The normalized spacial score (nSPS) is 11.6. The zero-order valence-electron chi connectivity index (χ0n) is 9.29. The second-order valence-corrected chi connectivity index (χ2v) is 3.37. The van der Waals surface area contributed by atoms with E-state index >= 15 is 0 Å². The fourth-order valence-corrected chi connectivity index (χ4v) is 1.35. The lowest BCUT2D eigenvalue weighted by Crippen LogP contribution is -2.00. The van der Waals surface area contributed by atoms with Gasteiger partial charge in [0.25, 0.3) is 0 Å². The van der Waals surface area contributed by atoms with Crippen LogP contribution in [0.3, 0.4) is 0 Å². The lowest BCUT2D eigenvalue weighted by molar-refractivity contribution is 0.213. The van der Waals surface area contributed by atoms with E-state index in [1.54, 1.807) is 7.11 Å². The molecule has 0 atom stereocenters. The van der Waals surface area contributed by atoms with E-state index < -0.39 is 0 Å². The van der Waals surface area contributed by atoms with Crippen molar-refractivity contribution in [2.24, 2.45) is 5.16 Å². The molecular weight excluding hydrogens is 174 g/mol. The van der Waals surface area contributed by atoms with Gasteiger partial charge < -0.3 is 4.84 Å². The Labute approximate surface area is 85.6 Å². The monoisotopic (exact) mass is 191 g/mol. The standard InChI is InChI=1S/C12H17NO/c1-5-12(13-14-4)11-7-6-9(2)10(3)8-11/h6-8H,5H2,1-4H3. The molecule has 0 amide bonds. The van der Waals surface area contributed by atoms with Crippen molar-refractivity contribution < 1.29 is 4.84 Å². The van der Waals surface area contributed by atoms with Gasteiger partial charge in [-0.1, -0.05) is 24.2 Å². The van der Waals surface area contributed by atoms with Crippen LogP contribution >= 0.6 is 0 Å². The van der Waals surface area contributed by atoms with Crippen molar-refractivity contribution in [1.29, 1.82) is 0 Å². The summed E-state index contributed by atoms with van der Waals surface area (Å²) in [4.78, 5) is 4.81. The number of aryl methyl sites for hydroxylation is 2. The van der Waals surface area contributed by atoms with Crippen LogP contribution in [-0.4, -0.2) is 12.8 Å². The summed E-state index contributed by atoms with van der Waals surface area (Å²) in [5.74, 6) is 0. The third kappa shape index (κ3) is 2.34. The van der Waals surface area contributed by atoms with Crippen LogP contribution in [0.4, 0.5) is 0 Å². The van der Waals surface area contributed by atoms with Gasteiger partial charge in [0.15, 0.2) is 0 Å². The van der Waals surface area contributed by atoms with Gasteiger partial charge in [0.1, 0.15) is 7.11 Å². The predicted molar refractivity (Wildman–Crippen MR) is 59.8 cm³/mol. The fourth-order valence-electron chi connectivity index (χ4n) is 1.35. The first-order chi connectivity index (χ1) is 6.69. The predicted octanol–water partition coefficient (Wildman–Crippen LogP) is 3.06. The maximum Gasteiger partial charge on any atom is 0.106 e. The number of oxime groups is 1. The van der Waals surface area contributed by atoms with Gasteiger partial charge in [-0.2, -0.15) is 0 Å². The van der Waals surface area contributed by atoms with E-state index in [0.717, 1.165) is 17.7 Å². The average molecular weight is 191 g/mol. The molecule has 0 bridgehead atoms. The molecule has 0 spiro atoms. The molecule has 1 rings (SSSR count). The van der Waals surface area contributed by atoms with Crippen molar-refractivity contribution in [3.63, 3.8) is 0 Å². The number of rotatable bonds is 3. The first kappa shape index (κ1) is 10.8. The summed E-state index contributed by atoms with van der Waals surface area (Å²) in [6, 6.07) is 6.35. The van der Waals surface area contributed by atoms with Gasteiger partial charge in [0, 0.05) is 0 Å². The van der Waals surface area contributed by atoms with Gasteiger partial charge in [-0.3, -0.25) is 0 Å². The van der Waals surface area contributed by atoms with Crippen LogP contribution in [0.1, 0.15) is 30.0 Å². The summed E-state index contributed by atoms with van der Waals surface area (Å²) >= 11 is 0. The molecule has 0 N–H and O–H groups in total. The van der Waals surface area contributed by atoms with E-state index in [2.05, 4.69) is 44.1 Å². The minimum absolute atomic E-state index is 0.885. The molecule has 0 saturated heterocycles. The Hall–Kier alpha value is -1.31. The zero-order chi connectivity index (χ0) is 10.6. The molecule has 0 unspecified atom stereocenters. The minimum atomic E-state index is 0.885. The Bertz CT molecular complexity index is 342. The second kappa shape index (κ2) is 4.80. The molecule has 1 aromatic carbocycles. The highest BCUT2D eigenvalue weighted by molar-refractivity contribution is 6.00. The van der Waals surface area contributed by atoms with E-state index in [1.807, 2.05) is 0 Å². The van der Waals surface area contributed by atoms with Gasteiger partial charge >= 0.3 is 0 Å². The molecule has 0 radical (unpaired) electrons. The molecule has 2 nitrogen and oxygen atoms in total. The summed E-state index contributed by atoms with van der Waals surface area (Å²) in [6.07, 6.45) is 0.885. The van der Waals surface area contributed by atoms with Crippen LogP contribution in [0.25, 0.3) is 0 Å². The fraction of sp³-hybridized carbons (Fsp3) is 0.417. The maximum atomic E-state index is 4.81. The molecule has 0 aromatic heterocycles. The van der Waals surface area contributed by atoms with Crippen molar-refractivity contribution in [3.8, 4) is 0 Å². The van der Waals surface area contributed by atoms with Gasteiger partial charge in [-0.15, -0.1) is 0 Å². The smallest absolute Gasteiger partial charge is 0.106 e. The molecule has 0 heterocycles. The van der Waals surface area contributed by atoms with E-state index in [-0.39, 0.29) is 0 Å². The summed E-state index contributed by atoms with van der Waals surface area (Å²) in [7, 11) is 1.58. The van der Waals surface area contributed by atoms with Gasteiger partial charge in [-0.25, -0.2) is 0 Å². The van der Waals surface area contributed by atoms with Crippen LogP contribution in [0, 0.1) is 13.8 Å². The first-order valence-corrected chi connectivity index (χ1v) is 4.86. The van der Waals surface area contributed by atoms with Crippen LogP contribution < -0.4 is 0 Å². The summed E-state index contributed by atoms with van der Waals surface area (Å²) in [5.41, 5.74) is 4.74. The molecule has 0 saturated carbocycles. The summed E-state index contributed by atoms with van der Waals surface area (Å²) in [6.45, 7) is 6.30. The largest absolute Gasteiger partial charge is 0.399 e. The molecule has 76 valence electrons. The van der Waals surface area contributed by atoms with E-state index in [0.29, 0.717) is 0 Å². The maximum absolute atomic E-state index is 4.81. The van der Waals surface area contributed by atoms with E-state index in [4.69, 9.17) is 4.84 Å². The van der Waals surface area contributed by atoms with Gasteiger partial charge in [0.2, 0.25) is 0 Å². The Balaban J connectivity index is 3.06. The third-order valence-electron chi connectivity index (χ3n) is 2.38. The van der Waals surface area contributed by atoms with Crippen molar-refractivity contribution >= 4 is 5.71 Å². The van der Waals surface area contributed by atoms with E-state index in [1.165, 1.54) is 11.1 Å². The molecule has 0 aliphatic rings. The van der Waals surface area contributed by atoms with Crippen molar-refractivity contribution in [2.75, 3.05) is 7.11 Å². The summed E-state index contributed by atoms with van der Waals surface area (Å²) in [5, 5.41) is 4.00. The average Bonchev–Trinajstić information content (AvgIpc) is 2.19. The lowest BCUT2D eigenvalue weighted by Gasteiger charge is -2.06. The zero-order valence-corrected chi connectivity index (χ0v) is 9.29. The van der Waals surface area contributed by atoms with Crippen LogP contribution in [0.15, 0.2) is 23.4 Å². The Morgan fingerprint density at radius 2 is 2.00 bits per heavy atom. The minimum Gasteiger partial charge on any atom is -0.399 e. The van der Waals surface area contributed by atoms with Gasteiger partial charge in [0.05, 0.1) is 5.71 Å². The quantitative estimate of drug-likeness (QED) is 0.531. The summed E-state index contributed by atoms with van der Waals surface area (Å²) < 4.78 is 0. The molecule has 14 heavy (non-hydrogen) atoms. The van der Waals surface area contributed by atoms with Gasteiger partial charge in [-0.05, 0) is 43.0 Å². The highest BCUT2D eigenvalue weighted by Gasteiger charge is 2.02. The Morgan fingerprint density at radius 1 is 1.29 bits per heavy atom. The second-order valence-electron chi connectivity index (χ2n) is 3.37. The molecule has 0 aliphatic heterocycles. The molecule has 0 aliphatic carbocycles. The Kier molecular flexibility index (Phi) is 3.69. The molecule has 2 heteroatoms. The lowest BCUT2D eigenvalue weighted by atomic mass is 10.0. The first-order valence-electron chi connectivity index (χ1n) is 4.86. The number of nitrogens with zero attached hydrogens (tertiary/aromatic N) is 1. The topological polar surface area (TPSA) is 21.6 Å². The third-order valence-corrected chi connectivity index (χ3v) is 2.38. The Morgan fingerprint density at radius 3 is 2.50 bits per heavy atom. The number of hydrogen-bond acceptors (Lipinski definition) is 2. The van der Waals surface area contributed by atoms with Crippen LogP contribution in [0.2, 0.25) is 0 Å². The highest BCUT2D eigenvalue weighted by Crippen LogP contribution is 2.12. The molecular formula is C12H17NO. The van der Waals surface area contributed by atoms with E-state index in [9.17, 15) is 0 Å². The SMILES string of the molecule is CCC(=NOC)c1ccc(C)c(C)c1. The van der Waals surface area contributed by atoms with Crippen LogP contribution in [-0.2, 0) is 4.84 Å². The van der Waals surface area contributed by atoms with Crippen LogP contribution in [0.5, 0.6) is 0 Å². The van der Waals surface area contributed by atoms with Crippen molar-refractivity contribution in [1.82, 2.24) is 0 Å². The molecule has 1 aromatic rings. The number of hydrogen-bond donors (Lipinski definition) is 0. The highest BCUT2D eigenvalue weighted by atomic mass is 16.6. The molecule has 0 fully saturated rings. The van der Waals surface area contributed by atoms with Crippen molar-refractivity contribution in [2.45, 2.75) is 27.2 Å².